The average molecular weight is 457 g/mol. The molecule has 1 fully saturated rings. The van der Waals surface area contributed by atoms with Gasteiger partial charge in [-0.25, -0.2) is 0 Å². The fraction of sp³-hybridized carbons (Fsp3) is 0.280. The lowest BCUT2D eigenvalue weighted by atomic mass is 9.86. The maximum Gasteiger partial charge on any atom is 0.301 e. The highest BCUT2D eigenvalue weighted by Gasteiger charge is 2.53. The molecule has 34 heavy (non-hydrogen) atoms. The molecule has 9 heteroatoms. The molecule has 6 rings (SSSR count). The summed E-state index contributed by atoms with van der Waals surface area (Å²) in [4.78, 5) is 21.3. The molecule has 1 saturated heterocycles. The van der Waals surface area contributed by atoms with Crippen LogP contribution in [0.2, 0.25) is 0 Å². The van der Waals surface area contributed by atoms with E-state index in [-0.39, 0.29) is 16.7 Å². The van der Waals surface area contributed by atoms with Crippen molar-refractivity contribution in [2.24, 2.45) is 15.1 Å². The third kappa shape index (κ3) is 3.12. The third-order valence-electron chi connectivity index (χ3n) is 6.95. The maximum atomic E-state index is 12.3. The highest BCUT2D eigenvalue weighted by Crippen LogP contribution is 2.41. The number of hydrogen-bond donors (Lipinski definition) is 3. The van der Waals surface area contributed by atoms with E-state index in [1.165, 1.54) is 0 Å². The first kappa shape index (κ1) is 20.9. The fourth-order valence-electron chi connectivity index (χ4n) is 5.11. The van der Waals surface area contributed by atoms with E-state index in [0.29, 0.717) is 24.8 Å². The van der Waals surface area contributed by atoms with Crippen molar-refractivity contribution in [3.8, 4) is 0 Å². The van der Waals surface area contributed by atoms with Crippen molar-refractivity contribution in [1.29, 1.82) is 0 Å². The van der Waals surface area contributed by atoms with E-state index >= 15 is 0 Å². The van der Waals surface area contributed by atoms with Gasteiger partial charge in [-0.3, -0.25) is 9.79 Å². The SMILES string of the molecule is CC1(C)C(=O)Nc2cc(NC3=N[N+]4(N5C[C@@H](O)C[C@@H]5c5ccccc5)C=CN=CC4=N3)ccc21. The molecule has 0 bridgehead atoms. The van der Waals surface area contributed by atoms with Gasteiger partial charge in [-0.2, -0.15) is 0 Å². The Morgan fingerprint density at radius 1 is 1.21 bits per heavy atom. The van der Waals surface area contributed by atoms with E-state index in [0.717, 1.165) is 22.5 Å². The number of quaternary nitrogens is 1. The number of β-amino-alcohol motifs (C(OH)–C–C–N with tert-alkyl or cyclic N) is 1. The lowest BCUT2D eigenvalue weighted by Crippen LogP contribution is -2.56. The van der Waals surface area contributed by atoms with E-state index < -0.39 is 11.5 Å². The van der Waals surface area contributed by atoms with Crippen molar-refractivity contribution in [2.45, 2.75) is 37.8 Å². The number of hydrogen-bond acceptors (Lipinski definition) is 7. The topological polar surface area (TPSA) is 102 Å². The third-order valence-corrected chi connectivity index (χ3v) is 6.95. The molecule has 3 N–H and O–H groups in total. The fourth-order valence-corrected chi connectivity index (χ4v) is 5.11. The molecule has 172 valence electrons. The van der Waals surface area contributed by atoms with Crippen LogP contribution in [0, 0.1) is 0 Å². The first-order valence-electron chi connectivity index (χ1n) is 11.4. The van der Waals surface area contributed by atoms with Gasteiger partial charge in [0.15, 0.2) is 6.20 Å². The minimum absolute atomic E-state index is 0.0111. The summed E-state index contributed by atoms with van der Waals surface area (Å²) in [6.07, 6.45) is 5.44. The summed E-state index contributed by atoms with van der Waals surface area (Å²) in [5, 5.41) is 23.9. The molecule has 0 spiro atoms. The largest absolute Gasteiger partial charge is 0.391 e. The normalized spacial score (nSPS) is 28.9. The lowest BCUT2D eigenvalue weighted by Gasteiger charge is -2.35. The van der Waals surface area contributed by atoms with Gasteiger partial charge in [0.05, 0.1) is 30.3 Å². The van der Waals surface area contributed by atoms with Crippen molar-refractivity contribution >= 4 is 35.3 Å². The average Bonchev–Trinajstić information content (AvgIpc) is 3.46. The standard InChI is InChI=1S/C25H25N7O2/c1-25(2)19-9-8-17(12-20(19)28-23(25)34)27-24-29-22-14-26-10-11-32(22,30-24)31-15-18(33)13-21(31)16-6-4-3-5-7-16/h3-12,14,18,21,33H,13,15H2,1-2H3,(H-,27,28,30,34)/p+1/t18-,21+,32?/m0/s1. The van der Waals surface area contributed by atoms with Crippen molar-refractivity contribution in [3.05, 3.63) is 72.1 Å². The second-order valence-corrected chi connectivity index (χ2v) is 9.52. The molecule has 2 aromatic carbocycles. The molecule has 3 atom stereocenters. The Morgan fingerprint density at radius 3 is 2.85 bits per heavy atom. The van der Waals surface area contributed by atoms with Crippen LogP contribution in [-0.2, 0) is 10.2 Å². The molecule has 0 aliphatic carbocycles. The van der Waals surface area contributed by atoms with Crippen LogP contribution in [0.4, 0.5) is 11.4 Å². The molecule has 1 unspecified atom stereocenters. The summed E-state index contributed by atoms with van der Waals surface area (Å²) in [5.74, 6) is 1.07. The second kappa shape index (κ2) is 7.42. The predicted octanol–water partition coefficient (Wildman–Crippen LogP) is 3.11. The monoisotopic (exact) mass is 456 g/mol. The van der Waals surface area contributed by atoms with Gasteiger partial charge in [-0.1, -0.05) is 36.4 Å². The van der Waals surface area contributed by atoms with Crippen LogP contribution < -0.4 is 10.6 Å². The summed E-state index contributed by atoms with van der Waals surface area (Å²) in [7, 11) is 0. The molecule has 4 heterocycles. The Bertz CT molecular complexity index is 1300. The number of fused-ring (bicyclic) bond motifs is 2. The Kier molecular flexibility index (Phi) is 4.57. The van der Waals surface area contributed by atoms with E-state index in [9.17, 15) is 9.90 Å². The lowest BCUT2D eigenvalue weighted by molar-refractivity contribution is -0.921. The number of aliphatic imine (C=N–C) groups is 2. The van der Waals surface area contributed by atoms with Crippen molar-refractivity contribution in [3.63, 3.8) is 0 Å². The minimum atomic E-state index is -0.556. The molecule has 9 nitrogen and oxygen atoms in total. The molecule has 2 aromatic rings. The van der Waals surface area contributed by atoms with E-state index in [2.05, 4.69) is 32.8 Å². The van der Waals surface area contributed by atoms with Crippen molar-refractivity contribution in [1.82, 2.24) is 5.01 Å². The predicted molar refractivity (Wildman–Crippen MR) is 131 cm³/mol. The Balaban J connectivity index is 1.34. The van der Waals surface area contributed by atoms with Crippen molar-refractivity contribution in [2.75, 3.05) is 17.2 Å². The Hall–Kier alpha value is -3.66. The molecule has 0 aromatic heterocycles. The molecular formula is C25H26N7O2+. The molecular weight excluding hydrogens is 430 g/mol. The van der Waals surface area contributed by atoms with E-state index in [1.807, 2.05) is 56.4 Å². The first-order valence-corrected chi connectivity index (χ1v) is 11.4. The van der Waals surface area contributed by atoms with Crippen LogP contribution in [0.1, 0.15) is 37.4 Å². The van der Waals surface area contributed by atoms with Gasteiger partial charge in [-0.15, -0.1) is 10.0 Å². The van der Waals surface area contributed by atoms with Gasteiger partial charge >= 0.3 is 5.84 Å². The zero-order chi connectivity index (χ0) is 23.5. The van der Waals surface area contributed by atoms with E-state index in [4.69, 9.17) is 10.1 Å². The van der Waals surface area contributed by atoms with Gasteiger partial charge in [0.1, 0.15) is 6.21 Å². The number of amidine groups is 1. The van der Waals surface area contributed by atoms with Gasteiger partial charge < -0.3 is 15.7 Å². The minimum Gasteiger partial charge on any atom is -0.391 e. The Labute approximate surface area is 197 Å². The molecule has 4 aliphatic heterocycles. The quantitative estimate of drug-likeness (QED) is 0.618. The number of carbonyl (C=O) groups excluding carboxylic acids is 1. The number of anilines is 2. The van der Waals surface area contributed by atoms with Gasteiger partial charge in [0.2, 0.25) is 5.91 Å². The smallest absolute Gasteiger partial charge is 0.301 e. The zero-order valence-corrected chi connectivity index (χ0v) is 19.0. The van der Waals surface area contributed by atoms with Crippen LogP contribution in [0.3, 0.4) is 0 Å². The summed E-state index contributed by atoms with van der Waals surface area (Å²) in [5.41, 5.74) is 3.10. The van der Waals surface area contributed by atoms with Crippen LogP contribution in [-0.4, -0.2) is 51.4 Å². The summed E-state index contributed by atoms with van der Waals surface area (Å²) >= 11 is 0. The summed E-state index contributed by atoms with van der Waals surface area (Å²) in [6, 6.07) is 15.9. The van der Waals surface area contributed by atoms with Crippen LogP contribution in [0.25, 0.3) is 0 Å². The molecule has 1 amide bonds. The number of carbonyl (C=O) groups is 1. The van der Waals surface area contributed by atoms with Gasteiger partial charge in [-0.05, 0) is 53.3 Å². The second-order valence-electron chi connectivity index (χ2n) is 9.52. The highest BCUT2D eigenvalue weighted by atomic mass is 16.3. The van der Waals surface area contributed by atoms with Crippen LogP contribution >= 0.6 is 0 Å². The first-order chi connectivity index (χ1) is 16.4. The molecule has 0 saturated carbocycles. The number of benzene rings is 2. The molecule has 4 aliphatic rings. The Morgan fingerprint density at radius 2 is 2.03 bits per heavy atom. The van der Waals surface area contributed by atoms with Crippen LogP contribution in [0.15, 0.2) is 76.0 Å². The summed E-state index contributed by atoms with van der Waals surface area (Å²) < 4.78 is 0.0111. The van der Waals surface area contributed by atoms with E-state index in [1.54, 1.807) is 12.4 Å². The maximum absolute atomic E-state index is 12.3. The number of aliphatic hydroxyl groups is 1. The number of rotatable bonds is 3. The van der Waals surface area contributed by atoms with Gasteiger partial charge in [0.25, 0.3) is 5.96 Å². The number of aliphatic hydroxyl groups excluding tert-OH is 1. The van der Waals surface area contributed by atoms with Crippen LogP contribution in [0.5, 0.6) is 0 Å². The highest BCUT2D eigenvalue weighted by molar-refractivity contribution is 6.30. The number of nitrogens with zero attached hydrogens (tertiary/aromatic N) is 5. The summed E-state index contributed by atoms with van der Waals surface area (Å²) in [6.45, 7) is 4.28. The number of guanidine groups is 1. The zero-order valence-electron chi connectivity index (χ0n) is 19.0. The number of nitrogens with one attached hydrogen (secondary N) is 2. The number of amides is 1. The van der Waals surface area contributed by atoms with Crippen molar-refractivity contribution < 1.29 is 14.6 Å². The van der Waals surface area contributed by atoms with Gasteiger partial charge in [0, 0.05) is 11.4 Å². The molecule has 0 radical (unpaired) electrons.